The third-order valence-electron chi connectivity index (χ3n) is 1.93. The van der Waals surface area contributed by atoms with E-state index in [0.29, 0.717) is 5.69 Å². The normalized spacial score (nSPS) is 10.2. The minimum atomic E-state index is -0.575. The summed E-state index contributed by atoms with van der Waals surface area (Å²) in [6, 6.07) is 8.86. The molecule has 0 amide bonds. The number of aromatic hydroxyl groups is 1. The van der Waals surface area contributed by atoms with Gasteiger partial charge in [-0.1, -0.05) is 18.2 Å². The molecule has 4 nitrogen and oxygen atoms in total. The molecular weight excluding hydrogens is 212 g/mol. The van der Waals surface area contributed by atoms with E-state index in [1.54, 1.807) is 24.3 Å². The molecule has 0 unspecified atom stereocenters. The first-order valence-corrected chi connectivity index (χ1v) is 4.70. The summed E-state index contributed by atoms with van der Waals surface area (Å²) in [5.41, 5.74) is 0.0276. The highest BCUT2D eigenvalue weighted by Gasteiger charge is 2.07. The van der Waals surface area contributed by atoms with Crippen LogP contribution in [-0.4, -0.2) is 14.9 Å². The Balaban J connectivity index is 2.66. The summed E-state index contributed by atoms with van der Waals surface area (Å²) in [4.78, 5) is 11.8. The summed E-state index contributed by atoms with van der Waals surface area (Å²) < 4.78 is 1.12. The van der Waals surface area contributed by atoms with E-state index in [1.807, 2.05) is 6.07 Å². The molecule has 1 heterocycles. The molecule has 0 radical (unpaired) electrons. The Morgan fingerprint density at radius 2 is 1.93 bits per heavy atom. The van der Waals surface area contributed by atoms with Crippen LogP contribution in [-0.2, 0) is 0 Å². The molecule has 0 aliphatic carbocycles. The van der Waals surface area contributed by atoms with Crippen molar-refractivity contribution in [3.63, 3.8) is 0 Å². The van der Waals surface area contributed by atoms with Crippen LogP contribution >= 0.6 is 12.6 Å². The van der Waals surface area contributed by atoms with E-state index in [1.165, 1.54) is 6.20 Å². The maximum Gasteiger partial charge on any atom is 0.314 e. The van der Waals surface area contributed by atoms with E-state index in [2.05, 4.69) is 17.7 Å². The summed E-state index contributed by atoms with van der Waals surface area (Å²) in [7, 11) is 0. The van der Waals surface area contributed by atoms with Crippen molar-refractivity contribution >= 4 is 12.6 Å². The first kappa shape index (κ1) is 9.79. The summed E-state index contributed by atoms with van der Waals surface area (Å²) >= 11 is 3.90. The minimum absolute atomic E-state index is 0.173. The molecule has 0 atom stereocenters. The number of benzene rings is 1. The monoisotopic (exact) mass is 220 g/mol. The molecule has 5 heteroatoms. The molecule has 2 rings (SSSR count). The van der Waals surface area contributed by atoms with E-state index >= 15 is 0 Å². The molecule has 0 saturated heterocycles. The van der Waals surface area contributed by atoms with E-state index in [9.17, 15) is 9.90 Å². The molecule has 2 aromatic rings. The fraction of sp³-hybridized carbons (Fsp3) is 0. The molecule has 0 aliphatic heterocycles. The summed E-state index contributed by atoms with van der Waals surface area (Å²) in [6.07, 6.45) is 1.33. The van der Waals surface area contributed by atoms with Crippen LogP contribution in [0.25, 0.3) is 5.69 Å². The molecule has 1 aromatic heterocycles. The highest BCUT2D eigenvalue weighted by atomic mass is 32.1. The fourth-order valence-corrected chi connectivity index (χ4v) is 1.34. The number of hydrogen-bond donors (Lipinski definition) is 2. The van der Waals surface area contributed by atoms with Gasteiger partial charge in [0.15, 0.2) is 5.75 Å². The van der Waals surface area contributed by atoms with Gasteiger partial charge < -0.3 is 5.11 Å². The lowest BCUT2D eigenvalue weighted by Crippen LogP contribution is -2.20. The number of rotatable bonds is 1. The van der Waals surface area contributed by atoms with E-state index in [0.717, 1.165) is 4.68 Å². The lowest BCUT2D eigenvalue weighted by Gasteiger charge is -2.04. The zero-order valence-corrected chi connectivity index (χ0v) is 8.56. The van der Waals surface area contributed by atoms with Gasteiger partial charge in [0.1, 0.15) is 0 Å². The zero-order chi connectivity index (χ0) is 10.8. The Kier molecular flexibility index (Phi) is 2.47. The third kappa shape index (κ3) is 1.73. The standard InChI is InChI=1S/C10H8N2O2S/c13-9-8(15)6-11-12(10(9)14)7-4-2-1-3-5-7/h1-6,13,15H. The molecule has 1 aromatic carbocycles. The third-order valence-corrected chi connectivity index (χ3v) is 2.26. The van der Waals surface area contributed by atoms with E-state index in [4.69, 9.17) is 0 Å². The van der Waals surface area contributed by atoms with Gasteiger partial charge in [-0.2, -0.15) is 9.78 Å². The van der Waals surface area contributed by atoms with Gasteiger partial charge in [-0.3, -0.25) is 4.79 Å². The van der Waals surface area contributed by atoms with Gasteiger partial charge in [-0.15, -0.1) is 12.6 Å². The second-order valence-corrected chi connectivity index (χ2v) is 3.41. The largest absolute Gasteiger partial charge is 0.502 e. The number of para-hydroxylation sites is 1. The van der Waals surface area contributed by atoms with Crippen molar-refractivity contribution in [2.75, 3.05) is 0 Å². The Bertz CT molecular complexity index is 537. The summed E-state index contributed by atoms with van der Waals surface area (Å²) in [5.74, 6) is -0.391. The Hall–Kier alpha value is -1.75. The number of nitrogens with zero attached hydrogens (tertiary/aromatic N) is 2. The van der Waals surface area contributed by atoms with Crippen LogP contribution in [0, 0.1) is 0 Å². The quantitative estimate of drug-likeness (QED) is 0.711. The highest BCUT2D eigenvalue weighted by Crippen LogP contribution is 2.14. The Morgan fingerprint density at radius 1 is 1.27 bits per heavy atom. The van der Waals surface area contributed by atoms with Crippen molar-refractivity contribution in [3.8, 4) is 11.4 Å². The van der Waals surface area contributed by atoms with Crippen molar-refractivity contribution in [3.05, 3.63) is 46.9 Å². The average molecular weight is 220 g/mol. The van der Waals surface area contributed by atoms with Crippen molar-refractivity contribution < 1.29 is 5.11 Å². The van der Waals surface area contributed by atoms with Gasteiger partial charge in [0.05, 0.1) is 16.8 Å². The van der Waals surface area contributed by atoms with Gasteiger partial charge in [0.25, 0.3) is 0 Å². The van der Waals surface area contributed by atoms with Gasteiger partial charge in [0.2, 0.25) is 0 Å². The van der Waals surface area contributed by atoms with Crippen molar-refractivity contribution in [2.45, 2.75) is 4.90 Å². The molecule has 0 fully saturated rings. The van der Waals surface area contributed by atoms with Gasteiger partial charge in [-0.25, -0.2) is 0 Å². The van der Waals surface area contributed by atoms with Crippen LogP contribution < -0.4 is 5.56 Å². The predicted octanol–water partition coefficient (Wildman–Crippen LogP) is 1.23. The Labute approximate surface area is 91.2 Å². The van der Waals surface area contributed by atoms with E-state index in [-0.39, 0.29) is 4.90 Å². The molecule has 0 spiro atoms. The minimum Gasteiger partial charge on any atom is -0.502 e. The average Bonchev–Trinajstić information content (AvgIpc) is 2.27. The second kappa shape index (κ2) is 3.78. The first-order valence-electron chi connectivity index (χ1n) is 4.26. The highest BCUT2D eigenvalue weighted by molar-refractivity contribution is 7.80. The van der Waals surface area contributed by atoms with Gasteiger partial charge in [-0.05, 0) is 12.1 Å². The van der Waals surface area contributed by atoms with E-state index < -0.39 is 11.3 Å². The molecule has 0 bridgehead atoms. The smallest absolute Gasteiger partial charge is 0.314 e. The topological polar surface area (TPSA) is 55.1 Å². The van der Waals surface area contributed by atoms with Crippen LogP contribution in [0.5, 0.6) is 5.75 Å². The SMILES string of the molecule is O=c1c(O)c(S)cnn1-c1ccccc1. The van der Waals surface area contributed by atoms with Crippen LogP contribution in [0.15, 0.2) is 46.2 Å². The fourth-order valence-electron chi connectivity index (χ4n) is 1.19. The van der Waals surface area contributed by atoms with Crippen LogP contribution in [0.1, 0.15) is 0 Å². The molecule has 76 valence electrons. The van der Waals surface area contributed by atoms with Crippen molar-refractivity contribution in [1.29, 1.82) is 0 Å². The first-order chi connectivity index (χ1) is 7.20. The molecule has 0 aliphatic rings. The number of aromatic nitrogens is 2. The Morgan fingerprint density at radius 3 is 2.60 bits per heavy atom. The molecule has 15 heavy (non-hydrogen) atoms. The summed E-state index contributed by atoms with van der Waals surface area (Å²) in [6.45, 7) is 0. The predicted molar refractivity (Wildman–Crippen MR) is 58.8 cm³/mol. The van der Waals surface area contributed by atoms with Crippen LogP contribution in [0.2, 0.25) is 0 Å². The second-order valence-electron chi connectivity index (χ2n) is 2.93. The molecule has 1 N–H and O–H groups in total. The molecule has 0 saturated carbocycles. The molecular formula is C10H8N2O2S. The maximum absolute atomic E-state index is 11.6. The van der Waals surface area contributed by atoms with Crippen LogP contribution in [0.3, 0.4) is 0 Å². The van der Waals surface area contributed by atoms with Crippen LogP contribution in [0.4, 0.5) is 0 Å². The number of thiol groups is 1. The van der Waals surface area contributed by atoms with Gasteiger partial charge >= 0.3 is 5.56 Å². The lowest BCUT2D eigenvalue weighted by atomic mass is 10.3. The zero-order valence-electron chi connectivity index (χ0n) is 7.66. The summed E-state index contributed by atoms with van der Waals surface area (Å²) in [5, 5.41) is 13.3. The maximum atomic E-state index is 11.6. The van der Waals surface area contributed by atoms with Crippen molar-refractivity contribution in [1.82, 2.24) is 9.78 Å². The lowest BCUT2D eigenvalue weighted by molar-refractivity contribution is 0.444. The number of hydrogen-bond acceptors (Lipinski definition) is 4. The van der Waals surface area contributed by atoms with Gasteiger partial charge in [0, 0.05) is 0 Å². The van der Waals surface area contributed by atoms with Crippen molar-refractivity contribution in [2.24, 2.45) is 0 Å².